The van der Waals surface area contributed by atoms with E-state index in [0.29, 0.717) is 11.8 Å². The average Bonchev–Trinajstić information content (AvgIpc) is 3.02. The number of hydrogen-bond donors (Lipinski definition) is 1. The summed E-state index contributed by atoms with van der Waals surface area (Å²) >= 11 is 0. The van der Waals surface area contributed by atoms with Gasteiger partial charge < -0.3 is 10.2 Å². The molecule has 1 saturated carbocycles. The van der Waals surface area contributed by atoms with Crippen LogP contribution >= 0.6 is 0 Å². The first kappa shape index (κ1) is 9.97. The summed E-state index contributed by atoms with van der Waals surface area (Å²) < 4.78 is 0. The maximum absolute atomic E-state index is 12.0. The lowest BCUT2D eigenvalue weighted by atomic mass is 9.96. The molecule has 2 fully saturated rings. The number of nitrogens with zero attached hydrogens (tertiary/aromatic N) is 1. The van der Waals surface area contributed by atoms with E-state index in [0.717, 1.165) is 38.4 Å². The molecule has 0 bridgehead atoms. The van der Waals surface area contributed by atoms with Crippen molar-refractivity contribution in [1.29, 1.82) is 0 Å². The molecule has 0 atom stereocenters. The van der Waals surface area contributed by atoms with E-state index in [1.807, 2.05) is 11.9 Å². The first-order chi connectivity index (χ1) is 6.77. The molecule has 3 heteroatoms. The van der Waals surface area contributed by atoms with Crippen LogP contribution in [0, 0.1) is 11.8 Å². The molecule has 0 spiro atoms. The molecule has 1 N–H and O–H groups in total. The van der Waals surface area contributed by atoms with Crippen molar-refractivity contribution in [3.63, 3.8) is 0 Å². The number of carbonyl (C=O) groups is 1. The SMILES string of the molecule is CN(CC1CC1)C(=O)C1CCNCC1. The molecular weight excluding hydrogens is 176 g/mol. The summed E-state index contributed by atoms with van der Waals surface area (Å²) in [6.45, 7) is 3.00. The molecule has 1 amide bonds. The molecule has 1 saturated heterocycles. The van der Waals surface area contributed by atoms with Crippen LogP contribution in [0.4, 0.5) is 0 Å². The summed E-state index contributed by atoms with van der Waals surface area (Å²) in [4.78, 5) is 13.9. The smallest absolute Gasteiger partial charge is 0.225 e. The third-order valence-corrected chi connectivity index (χ3v) is 3.29. The summed E-state index contributed by atoms with van der Waals surface area (Å²) in [7, 11) is 1.96. The molecule has 3 nitrogen and oxygen atoms in total. The zero-order valence-corrected chi connectivity index (χ0v) is 8.96. The van der Waals surface area contributed by atoms with Gasteiger partial charge in [0.1, 0.15) is 0 Å². The molecule has 14 heavy (non-hydrogen) atoms. The van der Waals surface area contributed by atoms with Crippen molar-refractivity contribution in [1.82, 2.24) is 10.2 Å². The van der Waals surface area contributed by atoms with Gasteiger partial charge in [-0.25, -0.2) is 0 Å². The van der Waals surface area contributed by atoms with Crippen molar-refractivity contribution in [2.75, 3.05) is 26.7 Å². The molecule has 0 aromatic rings. The second kappa shape index (κ2) is 4.30. The number of hydrogen-bond acceptors (Lipinski definition) is 2. The molecule has 1 heterocycles. The van der Waals surface area contributed by atoms with Crippen molar-refractivity contribution >= 4 is 5.91 Å². The Balaban J connectivity index is 1.79. The highest BCUT2D eigenvalue weighted by Crippen LogP contribution is 2.30. The quantitative estimate of drug-likeness (QED) is 0.726. The van der Waals surface area contributed by atoms with Crippen molar-refractivity contribution in [2.24, 2.45) is 11.8 Å². The summed E-state index contributed by atoms with van der Waals surface area (Å²) in [5.41, 5.74) is 0. The second-order valence-electron chi connectivity index (χ2n) is 4.69. The maximum atomic E-state index is 12.0. The lowest BCUT2D eigenvalue weighted by Gasteiger charge is -2.26. The van der Waals surface area contributed by atoms with E-state index in [-0.39, 0.29) is 0 Å². The summed E-state index contributed by atoms with van der Waals surface area (Å²) in [5, 5.41) is 3.29. The Hall–Kier alpha value is -0.570. The second-order valence-corrected chi connectivity index (χ2v) is 4.69. The van der Waals surface area contributed by atoms with Gasteiger partial charge in [0.2, 0.25) is 5.91 Å². The molecular formula is C11H20N2O. The molecule has 1 aliphatic carbocycles. The van der Waals surface area contributed by atoms with Crippen LogP contribution in [-0.4, -0.2) is 37.5 Å². The highest BCUT2D eigenvalue weighted by atomic mass is 16.2. The molecule has 0 radical (unpaired) electrons. The Kier molecular flexibility index (Phi) is 3.06. The first-order valence-electron chi connectivity index (χ1n) is 5.73. The van der Waals surface area contributed by atoms with Gasteiger partial charge in [0.25, 0.3) is 0 Å². The van der Waals surface area contributed by atoms with Crippen LogP contribution in [0.15, 0.2) is 0 Å². The summed E-state index contributed by atoms with van der Waals surface area (Å²) in [6.07, 6.45) is 4.69. The third kappa shape index (κ3) is 2.47. The minimum Gasteiger partial charge on any atom is -0.345 e. The van der Waals surface area contributed by atoms with E-state index in [1.54, 1.807) is 0 Å². The van der Waals surface area contributed by atoms with E-state index in [4.69, 9.17) is 0 Å². The van der Waals surface area contributed by atoms with Gasteiger partial charge in [-0.2, -0.15) is 0 Å². The van der Waals surface area contributed by atoms with E-state index in [1.165, 1.54) is 12.8 Å². The molecule has 1 aliphatic heterocycles. The Labute approximate surface area is 85.8 Å². The topological polar surface area (TPSA) is 32.3 Å². The Bertz CT molecular complexity index is 207. The van der Waals surface area contributed by atoms with Gasteiger partial charge in [-0.1, -0.05) is 0 Å². The van der Waals surface area contributed by atoms with Crippen LogP contribution < -0.4 is 5.32 Å². The number of piperidine rings is 1. The van der Waals surface area contributed by atoms with Gasteiger partial charge in [0.15, 0.2) is 0 Å². The van der Waals surface area contributed by atoms with Gasteiger partial charge in [0.05, 0.1) is 0 Å². The standard InChI is InChI=1S/C11H20N2O/c1-13(8-9-2-3-9)11(14)10-4-6-12-7-5-10/h9-10,12H,2-8H2,1H3. The van der Waals surface area contributed by atoms with Gasteiger partial charge in [-0.3, -0.25) is 4.79 Å². The van der Waals surface area contributed by atoms with Gasteiger partial charge >= 0.3 is 0 Å². The fourth-order valence-electron chi connectivity index (χ4n) is 2.16. The molecule has 0 aromatic heterocycles. The minimum atomic E-state index is 0.292. The number of carbonyl (C=O) groups excluding carboxylic acids is 1. The predicted molar refractivity (Wildman–Crippen MR) is 56.0 cm³/mol. The normalized spacial score (nSPS) is 23.5. The molecule has 80 valence electrons. The van der Waals surface area contributed by atoms with Crippen molar-refractivity contribution < 1.29 is 4.79 Å². The Morgan fingerprint density at radius 1 is 1.29 bits per heavy atom. The van der Waals surface area contributed by atoms with Gasteiger partial charge in [-0.05, 0) is 44.7 Å². The lowest BCUT2D eigenvalue weighted by Crippen LogP contribution is -2.39. The highest BCUT2D eigenvalue weighted by Gasteiger charge is 2.28. The summed E-state index contributed by atoms with van der Waals surface area (Å²) in [5.74, 6) is 1.48. The minimum absolute atomic E-state index is 0.292. The van der Waals surface area contributed by atoms with Crippen LogP contribution in [0.2, 0.25) is 0 Å². The predicted octanol–water partition coefficient (Wildman–Crippen LogP) is 0.854. The lowest BCUT2D eigenvalue weighted by molar-refractivity contribution is -0.135. The van der Waals surface area contributed by atoms with Crippen molar-refractivity contribution in [3.05, 3.63) is 0 Å². The van der Waals surface area contributed by atoms with Crippen molar-refractivity contribution in [2.45, 2.75) is 25.7 Å². The Morgan fingerprint density at radius 2 is 1.93 bits per heavy atom. The van der Waals surface area contributed by atoms with E-state index < -0.39 is 0 Å². The average molecular weight is 196 g/mol. The third-order valence-electron chi connectivity index (χ3n) is 3.29. The number of nitrogens with one attached hydrogen (secondary N) is 1. The first-order valence-corrected chi connectivity index (χ1v) is 5.73. The molecule has 2 aliphatic rings. The van der Waals surface area contributed by atoms with Crippen LogP contribution in [0.3, 0.4) is 0 Å². The number of rotatable bonds is 3. The monoisotopic (exact) mass is 196 g/mol. The number of amides is 1. The molecule has 2 rings (SSSR count). The van der Waals surface area contributed by atoms with Crippen molar-refractivity contribution in [3.8, 4) is 0 Å². The van der Waals surface area contributed by atoms with Gasteiger partial charge in [0, 0.05) is 19.5 Å². The maximum Gasteiger partial charge on any atom is 0.225 e. The van der Waals surface area contributed by atoms with E-state index in [2.05, 4.69) is 5.32 Å². The largest absolute Gasteiger partial charge is 0.345 e. The fourth-order valence-corrected chi connectivity index (χ4v) is 2.16. The fraction of sp³-hybridized carbons (Fsp3) is 0.909. The van der Waals surface area contributed by atoms with Crippen LogP contribution in [0.5, 0.6) is 0 Å². The van der Waals surface area contributed by atoms with Crippen LogP contribution in [-0.2, 0) is 4.79 Å². The van der Waals surface area contributed by atoms with Crippen LogP contribution in [0.25, 0.3) is 0 Å². The Morgan fingerprint density at radius 3 is 2.50 bits per heavy atom. The summed E-state index contributed by atoms with van der Waals surface area (Å²) in [6, 6.07) is 0. The molecule has 0 aromatic carbocycles. The molecule has 0 unspecified atom stereocenters. The van der Waals surface area contributed by atoms with Gasteiger partial charge in [-0.15, -0.1) is 0 Å². The zero-order chi connectivity index (χ0) is 9.97. The highest BCUT2D eigenvalue weighted by molar-refractivity contribution is 5.78. The van der Waals surface area contributed by atoms with Crippen LogP contribution in [0.1, 0.15) is 25.7 Å². The van der Waals surface area contributed by atoms with E-state index >= 15 is 0 Å². The van der Waals surface area contributed by atoms with E-state index in [9.17, 15) is 4.79 Å². The zero-order valence-electron chi connectivity index (χ0n) is 8.96.